The highest BCUT2D eigenvalue weighted by Gasteiger charge is 2.17. The molecule has 5 rings (SSSR count). The van der Waals surface area contributed by atoms with Crippen LogP contribution in [0.5, 0.6) is 0 Å². The summed E-state index contributed by atoms with van der Waals surface area (Å²) in [6, 6.07) is 29.1. The first-order chi connectivity index (χ1) is 13.7. The van der Waals surface area contributed by atoms with Gasteiger partial charge in [-0.2, -0.15) is 0 Å². The van der Waals surface area contributed by atoms with Crippen molar-refractivity contribution in [2.45, 2.75) is 0 Å². The van der Waals surface area contributed by atoms with Gasteiger partial charge < -0.3 is 9.32 Å². The Morgan fingerprint density at radius 1 is 0.679 bits per heavy atom. The van der Waals surface area contributed by atoms with Gasteiger partial charge in [-0.25, -0.2) is 4.39 Å². The van der Waals surface area contributed by atoms with Crippen molar-refractivity contribution in [3.63, 3.8) is 0 Å². The van der Waals surface area contributed by atoms with Gasteiger partial charge in [0, 0.05) is 17.8 Å². The molecule has 1 heterocycles. The largest absolute Gasteiger partial charge is 0.454 e. The van der Waals surface area contributed by atoms with Gasteiger partial charge in [0.1, 0.15) is 11.4 Å². The molecule has 5 aromatic rings. The molecule has 0 aliphatic carbocycles. The van der Waals surface area contributed by atoms with Gasteiger partial charge in [-0.05, 0) is 35.4 Å². The van der Waals surface area contributed by atoms with E-state index in [0.717, 1.165) is 38.8 Å². The molecule has 28 heavy (non-hydrogen) atoms. The van der Waals surface area contributed by atoms with E-state index in [0.29, 0.717) is 5.69 Å². The number of hydrogen-bond donors (Lipinski definition) is 0. The molecule has 0 N–H and O–H groups in total. The number of para-hydroxylation sites is 2. The second kappa shape index (κ2) is 6.54. The highest BCUT2D eigenvalue weighted by atomic mass is 19.1. The van der Waals surface area contributed by atoms with Gasteiger partial charge in [0.25, 0.3) is 0 Å². The van der Waals surface area contributed by atoms with Crippen LogP contribution in [0, 0.1) is 5.82 Å². The average Bonchev–Trinajstić information content (AvgIpc) is 3.13. The normalized spacial score (nSPS) is 11.2. The van der Waals surface area contributed by atoms with E-state index in [1.165, 1.54) is 0 Å². The Hall–Kier alpha value is -3.59. The first-order valence-electron chi connectivity index (χ1n) is 9.21. The average molecular weight is 367 g/mol. The van der Waals surface area contributed by atoms with Gasteiger partial charge in [-0.3, -0.25) is 0 Å². The third-order valence-electron chi connectivity index (χ3n) is 5.16. The predicted octanol–water partition coefficient (Wildman–Crippen LogP) is 7.16. The SMILES string of the molecule is CN(c1ccc(-c2ccccc2)cc1F)c1cccc2c1oc1ccccc12. The molecule has 3 heteroatoms. The lowest BCUT2D eigenvalue weighted by molar-refractivity contribution is 0.627. The first kappa shape index (κ1) is 16.6. The number of benzene rings is 4. The molecular formula is C25H18FNO. The number of furan rings is 1. The van der Waals surface area contributed by atoms with E-state index in [-0.39, 0.29) is 5.82 Å². The van der Waals surface area contributed by atoms with Crippen LogP contribution >= 0.6 is 0 Å². The number of anilines is 2. The third-order valence-corrected chi connectivity index (χ3v) is 5.16. The minimum absolute atomic E-state index is 0.267. The summed E-state index contributed by atoms with van der Waals surface area (Å²) < 4.78 is 21.1. The summed E-state index contributed by atoms with van der Waals surface area (Å²) in [5.41, 5.74) is 4.79. The minimum atomic E-state index is -0.267. The first-order valence-corrected chi connectivity index (χ1v) is 9.21. The number of fused-ring (bicyclic) bond motifs is 3. The van der Waals surface area contributed by atoms with Crippen LogP contribution in [0.4, 0.5) is 15.8 Å². The summed E-state index contributed by atoms with van der Waals surface area (Å²) >= 11 is 0. The van der Waals surface area contributed by atoms with Crippen molar-refractivity contribution < 1.29 is 8.81 Å². The van der Waals surface area contributed by atoms with E-state index in [1.807, 2.05) is 96.9 Å². The van der Waals surface area contributed by atoms with Crippen molar-refractivity contribution in [2.75, 3.05) is 11.9 Å². The zero-order valence-electron chi connectivity index (χ0n) is 15.4. The van der Waals surface area contributed by atoms with Crippen LogP contribution in [0.2, 0.25) is 0 Å². The van der Waals surface area contributed by atoms with Crippen LogP contribution in [0.25, 0.3) is 33.1 Å². The van der Waals surface area contributed by atoms with E-state index < -0.39 is 0 Å². The van der Waals surface area contributed by atoms with Crippen molar-refractivity contribution in [3.8, 4) is 11.1 Å². The molecule has 0 saturated heterocycles. The van der Waals surface area contributed by atoms with Crippen molar-refractivity contribution in [1.29, 1.82) is 0 Å². The summed E-state index contributed by atoms with van der Waals surface area (Å²) in [4.78, 5) is 1.84. The highest BCUT2D eigenvalue weighted by molar-refractivity contribution is 6.09. The van der Waals surface area contributed by atoms with E-state index in [1.54, 1.807) is 6.07 Å². The van der Waals surface area contributed by atoms with Gasteiger partial charge >= 0.3 is 0 Å². The highest BCUT2D eigenvalue weighted by Crippen LogP contribution is 2.38. The van der Waals surface area contributed by atoms with Gasteiger partial charge in [0.15, 0.2) is 5.58 Å². The summed E-state index contributed by atoms with van der Waals surface area (Å²) in [6.07, 6.45) is 0. The Morgan fingerprint density at radius 2 is 1.43 bits per heavy atom. The molecule has 1 aromatic heterocycles. The molecule has 2 nitrogen and oxygen atoms in total. The lowest BCUT2D eigenvalue weighted by atomic mass is 10.0. The van der Waals surface area contributed by atoms with E-state index in [9.17, 15) is 0 Å². The Kier molecular flexibility index (Phi) is 3.87. The molecule has 0 fully saturated rings. The third kappa shape index (κ3) is 2.64. The van der Waals surface area contributed by atoms with Gasteiger partial charge in [0.05, 0.1) is 11.4 Å². The molecular weight excluding hydrogens is 349 g/mol. The standard InChI is InChI=1S/C25H18FNO/c1-27(22-15-14-18(16-21(22)26)17-8-3-2-4-9-17)23-12-7-11-20-19-10-5-6-13-24(19)28-25(20)23/h2-16H,1H3. The summed E-state index contributed by atoms with van der Waals surface area (Å²) in [5, 5.41) is 2.09. The predicted molar refractivity (Wildman–Crippen MR) is 114 cm³/mol. The summed E-state index contributed by atoms with van der Waals surface area (Å²) in [6.45, 7) is 0. The second-order valence-electron chi connectivity index (χ2n) is 6.84. The van der Waals surface area contributed by atoms with Crippen LogP contribution in [0.15, 0.2) is 95.4 Å². The molecule has 0 radical (unpaired) electrons. The Labute approximate surface area is 162 Å². The Balaban J connectivity index is 1.61. The lowest BCUT2D eigenvalue weighted by Crippen LogP contribution is -2.11. The van der Waals surface area contributed by atoms with Crippen molar-refractivity contribution in [2.24, 2.45) is 0 Å². The van der Waals surface area contributed by atoms with Crippen LogP contribution in [-0.4, -0.2) is 7.05 Å². The van der Waals surface area contributed by atoms with E-state index >= 15 is 4.39 Å². The van der Waals surface area contributed by atoms with Crippen molar-refractivity contribution >= 4 is 33.3 Å². The fourth-order valence-corrected chi connectivity index (χ4v) is 3.72. The van der Waals surface area contributed by atoms with Gasteiger partial charge in [-0.15, -0.1) is 0 Å². The topological polar surface area (TPSA) is 16.4 Å². The van der Waals surface area contributed by atoms with Crippen LogP contribution in [-0.2, 0) is 0 Å². The van der Waals surface area contributed by atoms with Crippen LogP contribution < -0.4 is 4.90 Å². The maximum Gasteiger partial charge on any atom is 0.159 e. The van der Waals surface area contributed by atoms with E-state index in [4.69, 9.17) is 4.42 Å². The fourth-order valence-electron chi connectivity index (χ4n) is 3.72. The minimum Gasteiger partial charge on any atom is -0.454 e. The molecule has 0 amide bonds. The summed E-state index contributed by atoms with van der Waals surface area (Å²) in [7, 11) is 1.86. The van der Waals surface area contributed by atoms with Gasteiger partial charge in [0.2, 0.25) is 0 Å². The molecule has 0 bridgehead atoms. The maximum atomic E-state index is 15.0. The van der Waals surface area contributed by atoms with Crippen molar-refractivity contribution in [3.05, 3.63) is 96.8 Å². The van der Waals surface area contributed by atoms with Crippen LogP contribution in [0.1, 0.15) is 0 Å². The number of hydrogen-bond acceptors (Lipinski definition) is 2. The smallest absolute Gasteiger partial charge is 0.159 e. The Bertz CT molecular complexity index is 1290. The summed E-state index contributed by atoms with van der Waals surface area (Å²) in [5.74, 6) is -0.267. The van der Waals surface area contributed by atoms with E-state index in [2.05, 4.69) is 0 Å². The number of halogens is 1. The zero-order chi connectivity index (χ0) is 19.1. The molecule has 0 saturated carbocycles. The molecule has 0 unspecified atom stereocenters. The lowest BCUT2D eigenvalue weighted by Gasteiger charge is -2.21. The molecule has 0 atom stereocenters. The maximum absolute atomic E-state index is 15.0. The quantitative estimate of drug-likeness (QED) is 0.336. The molecule has 136 valence electrons. The van der Waals surface area contributed by atoms with Crippen LogP contribution in [0.3, 0.4) is 0 Å². The molecule has 0 aliphatic heterocycles. The fraction of sp³-hybridized carbons (Fsp3) is 0.0400. The Morgan fingerprint density at radius 3 is 2.25 bits per heavy atom. The number of rotatable bonds is 3. The number of nitrogens with zero attached hydrogens (tertiary/aromatic N) is 1. The van der Waals surface area contributed by atoms with Crippen molar-refractivity contribution in [1.82, 2.24) is 0 Å². The second-order valence-corrected chi connectivity index (χ2v) is 6.84. The zero-order valence-corrected chi connectivity index (χ0v) is 15.4. The molecule has 0 spiro atoms. The molecule has 0 aliphatic rings. The molecule has 4 aromatic carbocycles. The van der Waals surface area contributed by atoms with Gasteiger partial charge in [-0.1, -0.05) is 66.7 Å². The monoisotopic (exact) mass is 367 g/mol.